The van der Waals surface area contributed by atoms with E-state index < -0.39 is 12.2 Å². The second-order valence-corrected chi connectivity index (χ2v) is 6.23. The number of β-amino-alcohol motifs (C(OH)–C–C–N with tert-alkyl or cyclic N) is 1. The van der Waals surface area contributed by atoms with Crippen LogP contribution in [-0.2, 0) is 4.79 Å². The van der Waals surface area contributed by atoms with Crippen molar-refractivity contribution >= 4 is 12.0 Å². The van der Waals surface area contributed by atoms with Gasteiger partial charge in [-0.05, 0) is 40.2 Å². The lowest BCUT2D eigenvalue weighted by atomic mass is 10.1. The van der Waals surface area contributed by atoms with Gasteiger partial charge in [0.05, 0.1) is 12.1 Å². The van der Waals surface area contributed by atoms with Crippen LogP contribution < -0.4 is 10.6 Å². The molecule has 4 N–H and O–H groups in total. The maximum atomic E-state index is 12.2. The Hall–Kier alpha value is -1.34. The molecule has 1 rings (SSSR count). The lowest BCUT2D eigenvalue weighted by Gasteiger charge is -2.29. The Kier molecular flexibility index (Phi) is 5.76. The van der Waals surface area contributed by atoms with Crippen LogP contribution >= 0.6 is 0 Å². The third kappa shape index (κ3) is 5.75. The van der Waals surface area contributed by atoms with Crippen LogP contribution in [0.25, 0.3) is 0 Å². The molecule has 0 saturated carbocycles. The van der Waals surface area contributed by atoms with Crippen molar-refractivity contribution in [2.75, 3.05) is 19.6 Å². The van der Waals surface area contributed by atoms with Crippen molar-refractivity contribution in [3.05, 3.63) is 0 Å². The zero-order valence-corrected chi connectivity index (χ0v) is 12.3. The van der Waals surface area contributed by atoms with Gasteiger partial charge in [-0.1, -0.05) is 0 Å². The fourth-order valence-corrected chi connectivity index (χ4v) is 2.33. The van der Waals surface area contributed by atoms with Crippen molar-refractivity contribution < 1.29 is 19.8 Å². The van der Waals surface area contributed by atoms with E-state index in [0.717, 1.165) is 19.4 Å². The molecule has 116 valence electrons. The van der Waals surface area contributed by atoms with Crippen LogP contribution in [0.15, 0.2) is 0 Å². The number of amides is 2. The van der Waals surface area contributed by atoms with Crippen molar-refractivity contribution in [3.8, 4) is 0 Å². The highest BCUT2D eigenvalue weighted by molar-refractivity contribution is 5.82. The predicted molar refractivity (Wildman–Crippen MR) is 74.5 cm³/mol. The first-order chi connectivity index (χ1) is 9.19. The van der Waals surface area contributed by atoms with E-state index in [0.29, 0.717) is 6.54 Å². The van der Waals surface area contributed by atoms with Gasteiger partial charge in [0.15, 0.2) is 0 Å². The molecule has 1 fully saturated rings. The van der Waals surface area contributed by atoms with Crippen LogP contribution in [0.4, 0.5) is 4.79 Å². The van der Waals surface area contributed by atoms with Crippen LogP contribution in [0.5, 0.6) is 0 Å². The summed E-state index contributed by atoms with van der Waals surface area (Å²) in [4.78, 5) is 24.5. The molecule has 7 heteroatoms. The minimum Gasteiger partial charge on any atom is -0.465 e. The zero-order valence-electron chi connectivity index (χ0n) is 12.3. The summed E-state index contributed by atoms with van der Waals surface area (Å²) < 4.78 is 0. The van der Waals surface area contributed by atoms with Crippen LogP contribution in [0.3, 0.4) is 0 Å². The van der Waals surface area contributed by atoms with Crippen molar-refractivity contribution in [2.45, 2.75) is 51.3 Å². The number of nitrogens with zero attached hydrogens (tertiary/aromatic N) is 1. The summed E-state index contributed by atoms with van der Waals surface area (Å²) in [5.74, 6) is -0.0339. The Balaban J connectivity index is 2.48. The van der Waals surface area contributed by atoms with E-state index in [1.807, 2.05) is 25.7 Å². The number of aliphatic hydroxyl groups excluding tert-OH is 1. The van der Waals surface area contributed by atoms with Crippen LogP contribution in [0.2, 0.25) is 0 Å². The first-order valence-electron chi connectivity index (χ1n) is 6.90. The smallest absolute Gasteiger partial charge is 0.404 e. The quantitative estimate of drug-likeness (QED) is 0.570. The average molecular weight is 287 g/mol. The molecule has 0 aromatic heterocycles. The molecule has 2 atom stereocenters. The second-order valence-electron chi connectivity index (χ2n) is 6.23. The molecule has 1 aliphatic heterocycles. The molecule has 0 bridgehead atoms. The highest BCUT2D eigenvalue weighted by Gasteiger charge is 2.33. The number of carbonyl (C=O) groups excluding carboxylic acids is 1. The molecule has 0 spiro atoms. The van der Waals surface area contributed by atoms with E-state index in [-0.39, 0.29) is 24.0 Å². The molecule has 20 heavy (non-hydrogen) atoms. The Morgan fingerprint density at radius 3 is 2.60 bits per heavy atom. The number of carbonyl (C=O) groups is 2. The number of hydrogen-bond acceptors (Lipinski definition) is 4. The second kappa shape index (κ2) is 6.90. The van der Waals surface area contributed by atoms with Gasteiger partial charge in [0, 0.05) is 18.6 Å². The number of rotatable bonds is 5. The minimum atomic E-state index is -1.16. The number of carboxylic acid groups (broad SMARTS) is 1. The van der Waals surface area contributed by atoms with E-state index in [1.54, 1.807) is 0 Å². The molecular formula is C13H25N3O4. The maximum Gasteiger partial charge on any atom is 0.404 e. The summed E-state index contributed by atoms with van der Waals surface area (Å²) >= 11 is 0. The summed E-state index contributed by atoms with van der Waals surface area (Å²) in [5.41, 5.74) is -0.283. The Labute approximate surface area is 119 Å². The van der Waals surface area contributed by atoms with Gasteiger partial charge < -0.3 is 20.8 Å². The third-order valence-electron chi connectivity index (χ3n) is 3.10. The highest BCUT2D eigenvalue weighted by atomic mass is 16.4. The largest absolute Gasteiger partial charge is 0.465 e. The van der Waals surface area contributed by atoms with Gasteiger partial charge in [-0.25, -0.2) is 4.79 Å². The lowest BCUT2D eigenvalue weighted by molar-refractivity contribution is -0.127. The van der Waals surface area contributed by atoms with E-state index in [2.05, 4.69) is 10.6 Å². The molecule has 7 nitrogen and oxygen atoms in total. The van der Waals surface area contributed by atoms with E-state index in [1.165, 1.54) is 0 Å². The summed E-state index contributed by atoms with van der Waals surface area (Å²) in [6.45, 7) is 6.79. The Morgan fingerprint density at radius 2 is 2.05 bits per heavy atom. The maximum absolute atomic E-state index is 12.2. The molecule has 0 aliphatic carbocycles. The molecule has 0 aromatic rings. The zero-order chi connectivity index (χ0) is 15.3. The molecule has 2 amide bonds. The summed E-state index contributed by atoms with van der Waals surface area (Å²) in [6, 6.07) is -0.242. The van der Waals surface area contributed by atoms with Crippen LogP contribution in [-0.4, -0.2) is 64.4 Å². The molecule has 1 aliphatic rings. The van der Waals surface area contributed by atoms with Crippen LogP contribution in [0, 0.1) is 0 Å². The predicted octanol–water partition coefficient (Wildman–Crippen LogP) is -0.00600. The minimum absolute atomic E-state index is 0.0283. The lowest BCUT2D eigenvalue weighted by Crippen LogP contribution is -2.52. The topological polar surface area (TPSA) is 102 Å². The van der Waals surface area contributed by atoms with E-state index in [4.69, 9.17) is 5.11 Å². The number of likely N-dealkylation sites (tertiary alicyclic amines) is 1. The number of hydrogen-bond donors (Lipinski definition) is 4. The standard InChI is InChI=1S/C13H25N3O4/c1-13(2,3)15-11(18)10-5-4-6-16(10)8-9(17)7-14-12(19)20/h9-10,14,17H,4-8H2,1-3H3,(H,15,18)(H,19,20). The monoisotopic (exact) mass is 287 g/mol. The summed E-state index contributed by atoms with van der Waals surface area (Å²) in [6.07, 6.45) is -0.302. The fraction of sp³-hybridized carbons (Fsp3) is 0.846. The molecule has 0 aromatic carbocycles. The van der Waals surface area contributed by atoms with Gasteiger partial charge in [0.2, 0.25) is 5.91 Å². The van der Waals surface area contributed by atoms with Gasteiger partial charge in [-0.15, -0.1) is 0 Å². The first-order valence-corrected chi connectivity index (χ1v) is 6.90. The highest BCUT2D eigenvalue weighted by Crippen LogP contribution is 2.18. The molecular weight excluding hydrogens is 262 g/mol. The van der Waals surface area contributed by atoms with Crippen LogP contribution in [0.1, 0.15) is 33.6 Å². The first kappa shape index (κ1) is 16.7. The van der Waals surface area contributed by atoms with Crippen molar-refractivity contribution in [1.82, 2.24) is 15.5 Å². The van der Waals surface area contributed by atoms with Crippen molar-refractivity contribution in [2.24, 2.45) is 0 Å². The third-order valence-corrected chi connectivity index (χ3v) is 3.10. The van der Waals surface area contributed by atoms with Crippen molar-refractivity contribution in [3.63, 3.8) is 0 Å². The molecule has 0 radical (unpaired) electrons. The summed E-state index contributed by atoms with van der Waals surface area (Å²) in [5, 5.41) is 23.4. The SMILES string of the molecule is CC(C)(C)NC(=O)C1CCCN1CC(O)CNC(=O)O. The van der Waals surface area contributed by atoms with Gasteiger partial charge in [0.25, 0.3) is 0 Å². The van der Waals surface area contributed by atoms with Gasteiger partial charge in [0.1, 0.15) is 0 Å². The van der Waals surface area contributed by atoms with Gasteiger partial charge >= 0.3 is 6.09 Å². The number of aliphatic hydroxyl groups is 1. The Bertz CT molecular complexity index is 354. The average Bonchev–Trinajstić information content (AvgIpc) is 2.72. The molecule has 1 saturated heterocycles. The van der Waals surface area contributed by atoms with E-state index >= 15 is 0 Å². The van der Waals surface area contributed by atoms with E-state index in [9.17, 15) is 14.7 Å². The normalized spacial score (nSPS) is 21.5. The molecule has 1 heterocycles. The van der Waals surface area contributed by atoms with Gasteiger partial charge in [-0.3, -0.25) is 9.69 Å². The fourth-order valence-electron chi connectivity index (χ4n) is 2.33. The summed E-state index contributed by atoms with van der Waals surface area (Å²) in [7, 11) is 0. The molecule has 2 unspecified atom stereocenters. The van der Waals surface area contributed by atoms with Crippen molar-refractivity contribution in [1.29, 1.82) is 0 Å². The number of nitrogens with one attached hydrogen (secondary N) is 2. The van der Waals surface area contributed by atoms with Gasteiger partial charge in [-0.2, -0.15) is 0 Å². The Morgan fingerprint density at radius 1 is 1.40 bits per heavy atom.